The molecule has 0 aromatic carbocycles. The Labute approximate surface area is 59.6 Å². The molecule has 0 radical (unpaired) electrons. The van der Waals surface area contributed by atoms with Gasteiger partial charge in [0, 0.05) is 6.92 Å². The van der Waals surface area contributed by atoms with Gasteiger partial charge in [0.25, 0.3) is 0 Å². The van der Waals surface area contributed by atoms with Gasteiger partial charge in [-0.15, -0.1) is 0 Å². The Kier molecular flexibility index (Phi) is 13.6. The minimum absolute atomic E-state index is 0.211. The summed E-state index contributed by atoms with van der Waals surface area (Å²) in [6.45, 7) is 3.65. The van der Waals surface area contributed by atoms with Gasteiger partial charge in [-0.05, 0) is 6.92 Å². The Balaban J connectivity index is 0. The second-order valence-electron chi connectivity index (χ2n) is 0.925. The minimum atomic E-state index is -0.211. The molecule has 0 rings (SSSR count). The van der Waals surface area contributed by atoms with E-state index in [4.69, 9.17) is 3.40 Å². The van der Waals surface area contributed by atoms with Crippen LogP contribution in [0.1, 0.15) is 13.8 Å². The van der Waals surface area contributed by atoms with E-state index < -0.39 is 0 Å². The third-order valence-electron chi connectivity index (χ3n) is 0.348. The fourth-order valence-electron chi connectivity index (χ4n) is 0.203. The van der Waals surface area contributed by atoms with E-state index in [2.05, 4.69) is 4.74 Å². The number of carbonyl (C=O) groups excluding carboxylic acids is 1. The van der Waals surface area contributed by atoms with Gasteiger partial charge >= 0.3 is 29.1 Å². The third kappa shape index (κ3) is 16.7. The van der Waals surface area contributed by atoms with E-state index in [-0.39, 0.29) is 5.97 Å². The molecule has 0 aromatic rings. The van der Waals surface area contributed by atoms with E-state index in [1.54, 1.807) is 6.92 Å². The number of carbonyl (C=O) groups is 1. The molecule has 4 heteroatoms. The molecule has 0 aliphatic rings. The van der Waals surface area contributed by atoms with Crippen LogP contribution in [-0.2, 0) is 32.7 Å². The molecule has 0 amide bonds. The Morgan fingerprint density at radius 3 is 2.00 bits per heavy atom. The van der Waals surface area contributed by atoms with Crippen molar-refractivity contribution in [3.8, 4) is 0 Å². The Bertz CT molecular complexity index is 64.3. The maximum absolute atomic E-state index is 9.82. The zero-order chi connectivity index (χ0) is 6.99. The van der Waals surface area contributed by atoms with Gasteiger partial charge < -0.3 is 4.74 Å². The summed E-state index contributed by atoms with van der Waals surface area (Å²) in [6, 6.07) is 0. The zero-order valence-corrected chi connectivity index (χ0v) is 6.85. The van der Waals surface area contributed by atoms with Crippen molar-refractivity contribution < 1.29 is 32.7 Å². The summed E-state index contributed by atoms with van der Waals surface area (Å²) < 4.78 is 12.7. The third-order valence-corrected chi connectivity index (χ3v) is 0.348. The second kappa shape index (κ2) is 10.0. The van der Waals surface area contributed by atoms with Gasteiger partial charge in [0.15, 0.2) is 0 Å². The predicted molar refractivity (Wildman–Crippen MR) is 23.0 cm³/mol. The number of rotatable bonds is 1. The molecule has 0 bridgehead atoms. The van der Waals surface area contributed by atoms with E-state index in [0.29, 0.717) is 26.4 Å². The number of hydrogen-bond donors (Lipinski definition) is 0. The molecule has 0 saturated carbocycles. The molecule has 0 unspecified atom stereocenters. The van der Waals surface area contributed by atoms with Crippen molar-refractivity contribution in [2.24, 2.45) is 0 Å². The summed E-state index contributed by atoms with van der Waals surface area (Å²) >= 11 is 0.700. The first-order chi connectivity index (χ1) is 3.77. The molecular weight excluding hydrogens is 192 g/mol. The summed E-state index contributed by atoms with van der Waals surface area (Å²) in [5.74, 6) is -0.211. The predicted octanol–water partition coefficient (Wildman–Crippen LogP) is 0.448. The van der Waals surface area contributed by atoms with Crippen molar-refractivity contribution in [3.05, 3.63) is 0 Å². The van der Waals surface area contributed by atoms with Crippen molar-refractivity contribution in [1.82, 2.24) is 0 Å². The Morgan fingerprint density at radius 2 is 2.00 bits per heavy atom. The summed E-state index contributed by atoms with van der Waals surface area (Å²) in [5.41, 5.74) is 0. The van der Waals surface area contributed by atoms with Crippen LogP contribution in [0.3, 0.4) is 0 Å². The average molecular weight is 200 g/mol. The monoisotopic (exact) mass is 202 g/mol. The molecule has 0 spiro atoms. The molecule has 0 saturated heterocycles. The van der Waals surface area contributed by atoms with E-state index >= 15 is 0 Å². The van der Waals surface area contributed by atoms with Gasteiger partial charge in [0.1, 0.15) is 0 Å². The first-order valence-corrected chi connectivity index (χ1v) is 2.89. The molecule has 48 valence electrons. The molecule has 0 aromatic heterocycles. The van der Waals surface area contributed by atoms with Crippen molar-refractivity contribution in [2.75, 3.05) is 6.61 Å². The van der Waals surface area contributed by atoms with Crippen molar-refractivity contribution in [2.45, 2.75) is 13.8 Å². The quantitative estimate of drug-likeness (QED) is 0.455. The SMILES string of the molecule is CCOC(C)=O.[O]=[Mo]. The normalized spacial score (nSPS) is 6.25. The van der Waals surface area contributed by atoms with Gasteiger partial charge in [-0.25, -0.2) is 0 Å². The Hall–Kier alpha value is -0.0417. The number of hydrogen-bond acceptors (Lipinski definition) is 3. The van der Waals surface area contributed by atoms with E-state index in [0.717, 1.165) is 0 Å². The molecule has 0 atom stereocenters. The molecule has 0 N–H and O–H groups in total. The zero-order valence-electron chi connectivity index (χ0n) is 4.84. The number of ether oxygens (including phenoxy) is 1. The summed E-state index contributed by atoms with van der Waals surface area (Å²) in [7, 11) is 0. The van der Waals surface area contributed by atoms with Crippen LogP contribution in [0.5, 0.6) is 0 Å². The second-order valence-corrected chi connectivity index (χ2v) is 0.925. The van der Waals surface area contributed by atoms with Crippen molar-refractivity contribution in [1.29, 1.82) is 0 Å². The molecular formula is C4H8MoO3. The molecule has 3 nitrogen and oxygen atoms in total. The molecule has 0 heterocycles. The van der Waals surface area contributed by atoms with E-state index in [1.807, 2.05) is 0 Å². The number of esters is 1. The van der Waals surface area contributed by atoms with Crippen LogP contribution in [0.25, 0.3) is 0 Å². The molecule has 8 heavy (non-hydrogen) atoms. The van der Waals surface area contributed by atoms with Gasteiger partial charge in [0.2, 0.25) is 0 Å². The van der Waals surface area contributed by atoms with E-state index in [1.165, 1.54) is 6.92 Å². The molecule has 0 aliphatic heterocycles. The van der Waals surface area contributed by atoms with Crippen LogP contribution < -0.4 is 0 Å². The van der Waals surface area contributed by atoms with E-state index in [9.17, 15) is 4.79 Å². The topological polar surface area (TPSA) is 43.4 Å². The average Bonchev–Trinajstić information content (AvgIpc) is 1.72. The summed E-state index contributed by atoms with van der Waals surface area (Å²) in [5, 5.41) is 0. The first kappa shape index (κ1) is 10.9. The van der Waals surface area contributed by atoms with Gasteiger partial charge in [0.05, 0.1) is 6.61 Å². The van der Waals surface area contributed by atoms with Gasteiger partial charge in [-0.3, -0.25) is 4.79 Å². The van der Waals surface area contributed by atoms with Crippen LogP contribution >= 0.6 is 0 Å². The standard InChI is InChI=1S/C4H8O2.Mo.O/c1-3-6-4(2)5;;/h3H2,1-2H3;;. The maximum atomic E-state index is 9.82. The van der Waals surface area contributed by atoms with Crippen LogP contribution in [0, 0.1) is 0 Å². The van der Waals surface area contributed by atoms with Crippen LogP contribution in [0.4, 0.5) is 0 Å². The van der Waals surface area contributed by atoms with Crippen LogP contribution in [-0.4, -0.2) is 12.6 Å². The van der Waals surface area contributed by atoms with Gasteiger partial charge in [-0.2, -0.15) is 0 Å². The summed E-state index contributed by atoms with van der Waals surface area (Å²) in [4.78, 5) is 9.82. The van der Waals surface area contributed by atoms with Crippen molar-refractivity contribution >= 4 is 5.97 Å². The Morgan fingerprint density at radius 1 is 1.62 bits per heavy atom. The van der Waals surface area contributed by atoms with Crippen molar-refractivity contribution in [3.63, 3.8) is 0 Å². The fraction of sp³-hybridized carbons (Fsp3) is 0.750. The summed E-state index contributed by atoms with van der Waals surface area (Å²) in [6.07, 6.45) is 0. The van der Waals surface area contributed by atoms with Gasteiger partial charge in [-0.1, -0.05) is 0 Å². The van der Waals surface area contributed by atoms with Crippen LogP contribution in [0.15, 0.2) is 0 Å². The first-order valence-electron chi connectivity index (χ1n) is 2.07. The fourth-order valence-corrected chi connectivity index (χ4v) is 0.203. The van der Waals surface area contributed by atoms with Crippen LogP contribution in [0.2, 0.25) is 0 Å². The molecule has 0 fully saturated rings. The molecule has 0 aliphatic carbocycles.